The van der Waals surface area contributed by atoms with E-state index >= 15 is 0 Å². The molecule has 0 spiro atoms. The monoisotopic (exact) mass is 555 g/mol. The number of rotatable bonds is 6. The van der Waals surface area contributed by atoms with Gasteiger partial charge in [-0.05, 0) is 55.2 Å². The van der Waals surface area contributed by atoms with E-state index in [1.807, 2.05) is 36.4 Å². The fraction of sp³-hybridized carbons (Fsp3) is 0.200. The average Bonchev–Trinajstić information content (AvgIpc) is 3.52. The van der Waals surface area contributed by atoms with Gasteiger partial charge in [0.25, 0.3) is 0 Å². The average molecular weight is 556 g/mol. The summed E-state index contributed by atoms with van der Waals surface area (Å²) in [6.45, 7) is 1.93. The number of carbonyl (C=O) groups is 1. The summed E-state index contributed by atoms with van der Waals surface area (Å²) in [5, 5.41) is 3.75. The molecule has 4 heterocycles. The van der Waals surface area contributed by atoms with E-state index in [1.165, 1.54) is 25.1 Å². The third kappa shape index (κ3) is 5.28. The van der Waals surface area contributed by atoms with Gasteiger partial charge >= 0.3 is 6.09 Å². The molecule has 2 N–H and O–H groups in total. The van der Waals surface area contributed by atoms with Crippen LogP contribution in [0.15, 0.2) is 88.5 Å². The van der Waals surface area contributed by atoms with Crippen molar-refractivity contribution in [2.45, 2.75) is 25.3 Å². The Labute approximate surface area is 234 Å². The van der Waals surface area contributed by atoms with Gasteiger partial charge in [-0.2, -0.15) is 0 Å². The third-order valence-corrected chi connectivity index (χ3v) is 7.18. The highest BCUT2D eigenvalue weighted by molar-refractivity contribution is 6.31. The number of ether oxygens (including phenoxy) is 1. The van der Waals surface area contributed by atoms with Gasteiger partial charge in [-0.15, -0.1) is 0 Å². The first-order valence-electron chi connectivity index (χ1n) is 13.1. The third-order valence-electron chi connectivity index (χ3n) is 6.94. The number of hydrogen-bond acceptors (Lipinski definition) is 7. The number of hydrogen-bond donors (Lipinski definition) is 2. The van der Waals surface area contributed by atoms with Gasteiger partial charge in [0.05, 0.1) is 29.5 Å². The van der Waals surface area contributed by atoms with Crippen LogP contribution in [0, 0.1) is 0 Å². The predicted octanol–water partition coefficient (Wildman–Crippen LogP) is 6.10. The van der Waals surface area contributed by atoms with Crippen LogP contribution in [0.4, 0.5) is 10.6 Å². The van der Waals surface area contributed by atoms with E-state index in [0.29, 0.717) is 32.9 Å². The molecule has 5 aromatic rings. The maximum Gasteiger partial charge on any atom is 0.413 e. The van der Waals surface area contributed by atoms with Crippen LogP contribution >= 0.6 is 11.6 Å². The quantitative estimate of drug-likeness (QED) is 0.260. The molecule has 0 bridgehead atoms. The summed E-state index contributed by atoms with van der Waals surface area (Å²) >= 11 is 6.20. The number of pyridine rings is 2. The van der Waals surface area contributed by atoms with E-state index in [4.69, 9.17) is 20.8 Å². The summed E-state index contributed by atoms with van der Waals surface area (Å²) in [6, 6.07) is 16.8. The van der Waals surface area contributed by atoms with Crippen LogP contribution in [0.5, 0.6) is 5.75 Å². The van der Waals surface area contributed by atoms with Gasteiger partial charge in [0, 0.05) is 23.5 Å². The molecule has 3 aromatic heterocycles. The molecular formula is C30H26ClN5O4. The Morgan fingerprint density at radius 1 is 1.05 bits per heavy atom. The molecule has 1 unspecified atom stereocenters. The molecular weight excluding hydrogens is 530 g/mol. The first kappa shape index (κ1) is 25.6. The Morgan fingerprint density at radius 3 is 2.60 bits per heavy atom. The van der Waals surface area contributed by atoms with E-state index < -0.39 is 12.1 Å². The Kier molecular flexibility index (Phi) is 7.20. The van der Waals surface area contributed by atoms with Crippen molar-refractivity contribution >= 4 is 34.4 Å². The Hall–Kier alpha value is -4.63. The number of amides is 1. The lowest BCUT2D eigenvalue weighted by atomic mass is 9.95. The SMILES string of the molecule is O=C(NC(c1ccccc1)c1c(-c2ncco2)[nH]c2cc(Cl)ccc2c1=O)Oc1ccc(N2CCCCC2)nc1. The number of halogens is 1. The lowest BCUT2D eigenvalue weighted by Crippen LogP contribution is -2.35. The van der Waals surface area contributed by atoms with Gasteiger partial charge in [-0.1, -0.05) is 41.9 Å². The first-order valence-corrected chi connectivity index (χ1v) is 13.4. The van der Waals surface area contributed by atoms with Gasteiger partial charge < -0.3 is 24.4 Å². The maximum atomic E-state index is 14.0. The van der Waals surface area contributed by atoms with E-state index in [1.54, 1.807) is 24.3 Å². The molecule has 1 amide bonds. The van der Waals surface area contributed by atoms with E-state index in [9.17, 15) is 9.59 Å². The first-order chi connectivity index (χ1) is 19.6. The number of fused-ring (bicyclic) bond motifs is 1. The Morgan fingerprint density at radius 2 is 1.88 bits per heavy atom. The lowest BCUT2D eigenvalue weighted by Gasteiger charge is -2.27. The largest absolute Gasteiger partial charge is 0.443 e. The Balaban J connectivity index is 1.36. The number of aromatic amines is 1. The highest BCUT2D eigenvalue weighted by atomic mass is 35.5. The minimum absolute atomic E-state index is 0.197. The molecule has 6 rings (SSSR count). The van der Waals surface area contributed by atoms with Crippen molar-refractivity contribution in [2.24, 2.45) is 0 Å². The van der Waals surface area contributed by atoms with Crippen molar-refractivity contribution in [1.82, 2.24) is 20.3 Å². The van der Waals surface area contributed by atoms with Crippen molar-refractivity contribution in [3.05, 3.63) is 106 Å². The zero-order valence-corrected chi connectivity index (χ0v) is 22.2. The molecule has 1 aliphatic rings. The number of H-pyrrole nitrogens is 1. The molecule has 0 aliphatic carbocycles. The molecule has 1 saturated heterocycles. The van der Waals surface area contributed by atoms with Crippen molar-refractivity contribution in [3.8, 4) is 17.3 Å². The summed E-state index contributed by atoms with van der Waals surface area (Å²) in [5.41, 5.74) is 1.46. The van der Waals surface area contributed by atoms with Crippen LogP contribution < -0.4 is 20.4 Å². The second-order valence-electron chi connectivity index (χ2n) is 9.55. The summed E-state index contributed by atoms with van der Waals surface area (Å²) < 4.78 is 11.2. The van der Waals surface area contributed by atoms with Crippen molar-refractivity contribution in [1.29, 1.82) is 0 Å². The number of nitrogens with zero attached hydrogens (tertiary/aromatic N) is 3. The molecule has 202 valence electrons. The molecule has 10 heteroatoms. The van der Waals surface area contributed by atoms with Crippen molar-refractivity contribution in [3.63, 3.8) is 0 Å². The number of anilines is 1. The fourth-order valence-electron chi connectivity index (χ4n) is 5.03. The fourth-order valence-corrected chi connectivity index (χ4v) is 5.21. The van der Waals surface area contributed by atoms with Crippen LogP contribution in [0.3, 0.4) is 0 Å². The second kappa shape index (κ2) is 11.2. The molecule has 9 nitrogen and oxygen atoms in total. The molecule has 2 aromatic carbocycles. The molecule has 40 heavy (non-hydrogen) atoms. The van der Waals surface area contributed by atoms with Crippen LogP contribution in [-0.2, 0) is 0 Å². The standard InChI is InChI=1S/C30H26ClN5O4/c31-20-9-11-22-23(17-20)34-27(29-32-13-16-39-29)25(28(22)37)26(19-7-3-1-4-8-19)35-30(38)40-21-10-12-24(33-18-21)36-14-5-2-6-15-36/h1,3-4,7-13,16-18,26H,2,5-6,14-15H2,(H,34,37)(H,35,38). The number of benzene rings is 2. The number of aromatic nitrogens is 3. The topological polar surface area (TPSA) is 113 Å². The summed E-state index contributed by atoms with van der Waals surface area (Å²) in [6.07, 6.45) is 7.20. The van der Waals surface area contributed by atoms with Crippen molar-refractivity contribution < 1.29 is 13.9 Å². The minimum Gasteiger partial charge on any atom is -0.443 e. The molecule has 1 atom stereocenters. The summed E-state index contributed by atoms with van der Waals surface area (Å²) in [5.74, 6) is 1.34. The minimum atomic E-state index is -0.889. The van der Waals surface area contributed by atoms with E-state index in [0.717, 1.165) is 31.7 Å². The number of piperidine rings is 1. The van der Waals surface area contributed by atoms with Crippen LogP contribution in [0.1, 0.15) is 36.4 Å². The second-order valence-corrected chi connectivity index (χ2v) is 9.98. The molecule has 1 fully saturated rings. The number of nitrogens with one attached hydrogen (secondary N) is 2. The van der Waals surface area contributed by atoms with Gasteiger partial charge in [-0.25, -0.2) is 14.8 Å². The van der Waals surface area contributed by atoms with E-state index in [-0.39, 0.29) is 16.9 Å². The number of carbonyl (C=O) groups excluding carboxylic acids is 1. The van der Waals surface area contributed by atoms with Crippen LogP contribution in [0.2, 0.25) is 5.02 Å². The van der Waals surface area contributed by atoms with Gasteiger partial charge in [0.15, 0.2) is 11.2 Å². The van der Waals surface area contributed by atoms with Gasteiger partial charge in [0.1, 0.15) is 17.8 Å². The zero-order valence-electron chi connectivity index (χ0n) is 21.5. The van der Waals surface area contributed by atoms with Gasteiger partial charge in [0.2, 0.25) is 5.89 Å². The normalized spacial score (nSPS) is 14.2. The Bertz CT molecular complexity index is 1680. The molecule has 0 saturated carbocycles. The zero-order chi connectivity index (χ0) is 27.5. The molecule has 1 aliphatic heterocycles. The lowest BCUT2D eigenvalue weighted by molar-refractivity contribution is 0.197. The number of oxazole rings is 1. The summed E-state index contributed by atoms with van der Waals surface area (Å²) in [4.78, 5) is 41.4. The summed E-state index contributed by atoms with van der Waals surface area (Å²) in [7, 11) is 0. The molecule has 0 radical (unpaired) electrons. The highest BCUT2D eigenvalue weighted by Gasteiger charge is 2.28. The maximum absolute atomic E-state index is 14.0. The van der Waals surface area contributed by atoms with Crippen LogP contribution in [-0.4, -0.2) is 34.1 Å². The highest BCUT2D eigenvalue weighted by Crippen LogP contribution is 2.31. The van der Waals surface area contributed by atoms with E-state index in [2.05, 4.69) is 25.2 Å². The smallest absolute Gasteiger partial charge is 0.413 e. The van der Waals surface area contributed by atoms with Crippen molar-refractivity contribution in [2.75, 3.05) is 18.0 Å². The van der Waals surface area contributed by atoms with Gasteiger partial charge in [-0.3, -0.25) is 4.79 Å². The van der Waals surface area contributed by atoms with Crippen LogP contribution in [0.25, 0.3) is 22.5 Å². The predicted molar refractivity (Wildman–Crippen MR) is 153 cm³/mol.